The molecule has 1 heterocycles. The predicted molar refractivity (Wildman–Crippen MR) is 80.4 cm³/mol. The average molecular weight is 374 g/mol. The molecule has 0 saturated heterocycles. The highest BCUT2D eigenvalue weighted by molar-refractivity contribution is 7.99. The van der Waals surface area contributed by atoms with Crippen LogP contribution < -0.4 is 0 Å². The van der Waals surface area contributed by atoms with Gasteiger partial charge in [0, 0.05) is 23.5 Å². The summed E-state index contributed by atoms with van der Waals surface area (Å²) >= 11 is 0.472. The number of hydrogen-bond acceptors (Lipinski definition) is 7. The van der Waals surface area contributed by atoms with E-state index in [2.05, 4.69) is 9.97 Å². The van der Waals surface area contributed by atoms with Gasteiger partial charge in [0.25, 0.3) is 11.4 Å². The fourth-order valence-electron chi connectivity index (χ4n) is 1.97. The van der Waals surface area contributed by atoms with Gasteiger partial charge < -0.3 is 0 Å². The molecule has 0 N–H and O–H groups in total. The summed E-state index contributed by atoms with van der Waals surface area (Å²) in [6, 6.07) is 2.13. The number of halogens is 3. The summed E-state index contributed by atoms with van der Waals surface area (Å²) in [5.41, 5.74) is -2.53. The highest BCUT2D eigenvalue weighted by atomic mass is 32.2. The van der Waals surface area contributed by atoms with E-state index < -0.39 is 37.9 Å². The van der Waals surface area contributed by atoms with Crippen LogP contribution in [0.25, 0.3) is 0 Å². The second kappa shape index (κ2) is 6.63. The molecule has 25 heavy (non-hydrogen) atoms. The van der Waals surface area contributed by atoms with Gasteiger partial charge in [0.15, 0.2) is 10.1 Å². The minimum atomic E-state index is -4.96. The van der Waals surface area contributed by atoms with Gasteiger partial charge in [-0.15, -0.1) is 0 Å². The largest absolute Gasteiger partial charge is 0.416 e. The van der Waals surface area contributed by atoms with E-state index in [4.69, 9.17) is 0 Å². The predicted octanol–water partition coefficient (Wildman–Crippen LogP) is 4.08. The number of aryl methyl sites for hydroxylation is 2. The molecule has 0 aliphatic carbocycles. The quantitative estimate of drug-likeness (QED) is 0.450. The lowest BCUT2D eigenvalue weighted by Crippen LogP contribution is -2.08. The summed E-state index contributed by atoms with van der Waals surface area (Å²) in [4.78, 5) is 27.5. The number of nitrogens with zero attached hydrogens (tertiary/aromatic N) is 4. The maximum absolute atomic E-state index is 12.9. The van der Waals surface area contributed by atoms with Crippen molar-refractivity contribution >= 4 is 23.1 Å². The third-order valence-corrected chi connectivity index (χ3v) is 3.91. The van der Waals surface area contributed by atoms with E-state index in [1.807, 2.05) is 0 Å². The molecule has 132 valence electrons. The van der Waals surface area contributed by atoms with Crippen molar-refractivity contribution < 1.29 is 23.0 Å². The zero-order valence-electron chi connectivity index (χ0n) is 12.7. The van der Waals surface area contributed by atoms with Gasteiger partial charge >= 0.3 is 6.18 Å². The van der Waals surface area contributed by atoms with E-state index in [0.717, 1.165) is 0 Å². The standard InChI is InChI=1S/C13H9F3N4O4S/c1-6-3-7(2)18-12(17-6)25-11-9(19(21)22)4-8(13(14,15)16)5-10(11)20(23)24/h3-5H,1-2H3. The highest BCUT2D eigenvalue weighted by Gasteiger charge is 2.38. The topological polar surface area (TPSA) is 112 Å². The van der Waals surface area contributed by atoms with Crippen molar-refractivity contribution in [2.45, 2.75) is 30.1 Å². The number of hydrogen-bond donors (Lipinski definition) is 0. The molecule has 2 rings (SSSR count). The molecule has 0 spiro atoms. The molecule has 0 saturated carbocycles. The van der Waals surface area contributed by atoms with E-state index in [1.165, 1.54) is 0 Å². The van der Waals surface area contributed by atoms with Crippen LogP contribution in [0, 0.1) is 34.1 Å². The Bertz CT molecular complexity index is 818. The molecule has 0 aliphatic heterocycles. The molecule has 1 aromatic heterocycles. The van der Waals surface area contributed by atoms with Crippen LogP contribution in [0.5, 0.6) is 0 Å². The molecular formula is C13H9F3N4O4S. The maximum Gasteiger partial charge on any atom is 0.416 e. The van der Waals surface area contributed by atoms with Gasteiger partial charge in [-0.2, -0.15) is 13.2 Å². The lowest BCUT2D eigenvalue weighted by Gasteiger charge is -2.09. The van der Waals surface area contributed by atoms with Gasteiger partial charge in [0.1, 0.15) is 0 Å². The zero-order valence-corrected chi connectivity index (χ0v) is 13.5. The summed E-state index contributed by atoms with van der Waals surface area (Å²) in [6.45, 7) is 3.24. The van der Waals surface area contributed by atoms with E-state index >= 15 is 0 Å². The average Bonchev–Trinajstić information content (AvgIpc) is 2.44. The molecule has 0 unspecified atom stereocenters. The first-order valence-electron chi connectivity index (χ1n) is 6.53. The Balaban J connectivity index is 2.69. The maximum atomic E-state index is 12.9. The second-order valence-corrected chi connectivity index (χ2v) is 5.87. The smallest absolute Gasteiger partial charge is 0.258 e. The van der Waals surface area contributed by atoms with Crippen LogP contribution in [-0.2, 0) is 6.18 Å². The van der Waals surface area contributed by atoms with E-state index in [9.17, 15) is 33.4 Å². The first kappa shape index (κ1) is 18.6. The van der Waals surface area contributed by atoms with Gasteiger partial charge in [-0.3, -0.25) is 20.2 Å². The molecule has 0 radical (unpaired) electrons. The Morgan fingerprint density at radius 1 is 0.960 bits per heavy atom. The fraction of sp³-hybridized carbons (Fsp3) is 0.231. The number of alkyl halides is 3. The summed E-state index contributed by atoms with van der Waals surface area (Å²) in [5, 5.41) is 22.3. The minimum Gasteiger partial charge on any atom is -0.258 e. The molecule has 1 aromatic carbocycles. The SMILES string of the molecule is Cc1cc(C)nc(Sc2c([N+](=O)[O-])cc(C(F)(F)F)cc2[N+](=O)[O-])n1. The normalized spacial score (nSPS) is 11.4. The van der Waals surface area contributed by atoms with Crippen LogP contribution in [0.1, 0.15) is 17.0 Å². The van der Waals surface area contributed by atoms with Gasteiger partial charge in [0.05, 0.1) is 15.4 Å². The Kier molecular flexibility index (Phi) is 4.92. The Labute approximate surface area is 142 Å². The van der Waals surface area contributed by atoms with Crippen LogP contribution in [-0.4, -0.2) is 19.8 Å². The molecule has 0 fully saturated rings. The van der Waals surface area contributed by atoms with Gasteiger partial charge in [0.2, 0.25) is 0 Å². The van der Waals surface area contributed by atoms with E-state index in [1.54, 1.807) is 19.9 Å². The molecule has 0 bridgehead atoms. The van der Waals surface area contributed by atoms with Crippen molar-refractivity contribution in [2.75, 3.05) is 0 Å². The monoisotopic (exact) mass is 374 g/mol. The van der Waals surface area contributed by atoms with Crippen molar-refractivity contribution in [3.8, 4) is 0 Å². The van der Waals surface area contributed by atoms with Gasteiger partial charge in [-0.1, -0.05) is 0 Å². The summed E-state index contributed by atoms with van der Waals surface area (Å²) in [7, 11) is 0. The second-order valence-electron chi connectivity index (χ2n) is 4.89. The van der Waals surface area contributed by atoms with E-state index in [0.29, 0.717) is 23.1 Å². The van der Waals surface area contributed by atoms with E-state index in [-0.39, 0.29) is 17.3 Å². The number of nitro benzene ring substituents is 2. The lowest BCUT2D eigenvalue weighted by atomic mass is 10.1. The molecule has 0 atom stereocenters. The molecule has 0 amide bonds. The zero-order chi connectivity index (χ0) is 18.9. The number of nitro groups is 2. The molecular weight excluding hydrogens is 365 g/mol. The van der Waals surface area contributed by atoms with Crippen LogP contribution in [0.15, 0.2) is 28.3 Å². The molecule has 8 nitrogen and oxygen atoms in total. The van der Waals surface area contributed by atoms with Crippen molar-refractivity contribution in [3.05, 3.63) is 55.4 Å². The summed E-state index contributed by atoms with van der Waals surface area (Å²) in [6.07, 6.45) is -4.96. The third kappa shape index (κ3) is 4.21. The number of aromatic nitrogens is 2. The van der Waals surface area contributed by atoms with Crippen molar-refractivity contribution in [1.29, 1.82) is 0 Å². The van der Waals surface area contributed by atoms with Crippen LogP contribution in [0.3, 0.4) is 0 Å². The van der Waals surface area contributed by atoms with Crippen molar-refractivity contribution in [3.63, 3.8) is 0 Å². The highest BCUT2D eigenvalue weighted by Crippen LogP contribution is 2.44. The Hall–Kier alpha value is -2.76. The molecule has 12 heteroatoms. The molecule has 2 aromatic rings. The first-order valence-corrected chi connectivity index (χ1v) is 7.35. The fourth-order valence-corrected chi connectivity index (χ4v) is 3.01. The minimum absolute atomic E-state index is 0.0385. The Morgan fingerprint density at radius 3 is 1.76 bits per heavy atom. The number of benzene rings is 1. The van der Waals surface area contributed by atoms with Crippen LogP contribution in [0.2, 0.25) is 0 Å². The van der Waals surface area contributed by atoms with Crippen molar-refractivity contribution in [1.82, 2.24) is 9.97 Å². The lowest BCUT2D eigenvalue weighted by molar-refractivity contribution is -0.400. The van der Waals surface area contributed by atoms with Gasteiger partial charge in [-0.25, -0.2) is 9.97 Å². The van der Waals surface area contributed by atoms with Crippen LogP contribution in [0.4, 0.5) is 24.5 Å². The summed E-state index contributed by atoms with van der Waals surface area (Å²) in [5.74, 6) is 0. The molecule has 0 aliphatic rings. The van der Waals surface area contributed by atoms with Crippen molar-refractivity contribution in [2.24, 2.45) is 0 Å². The first-order chi connectivity index (χ1) is 11.5. The van der Waals surface area contributed by atoms with Gasteiger partial charge in [-0.05, 0) is 31.7 Å². The number of rotatable bonds is 4. The Morgan fingerprint density at radius 2 is 1.40 bits per heavy atom. The summed E-state index contributed by atoms with van der Waals surface area (Å²) < 4.78 is 38.6. The van der Waals surface area contributed by atoms with Crippen LogP contribution >= 0.6 is 11.8 Å². The third-order valence-electron chi connectivity index (χ3n) is 2.93.